The van der Waals surface area contributed by atoms with Crippen molar-refractivity contribution in [2.45, 2.75) is 0 Å². The van der Waals surface area contributed by atoms with Crippen molar-refractivity contribution in [3.8, 4) is 17.2 Å². The molecule has 0 bridgehead atoms. The molecule has 2 rings (SSSR count). The van der Waals surface area contributed by atoms with Crippen LogP contribution in [0.4, 0.5) is 10.1 Å². The van der Waals surface area contributed by atoms with Crippen LogP contribution in [-0.4, -0.2) is 7.11 Å². The molecule has 0 aromatic heterocycles. The summed E-state index contributed by atoms with van der Waals surface area (Å²) in [4.78, 5) is 0. The van der Waals surface area contributed by atoms with Crippen molar-refractivity contribution in [1.82, 2.24) is 0 Å². The maximum absolute atomic E-state index is 13.2. The molecule has 0 spiro atoms. The van der Waals surface area contributed by atoms with Gasteiger partial charge < -0.3 is 15.2 Å². The molecule has 3 nitrogen and oxygen atoms in total. The molecule has 0 amide bonds. The van der Waals surface area contributed by atoms with Crippen LogP contribution in [-0.2, 0) is 0 Å². The lowest BCUT2D eigenvalue weighted by atomic mass is 10.3. The third-order valence-electron chi connectivity index (χ3n) is 2.24. The van der Waals surface area contributed by atoms with Gasteiger partial charge in [0.25, 0.3) is 0 Å². The largest absolute Gasteiger partial charge is 0.494 e. The first-order valence-electron chi connectivity index (χ1n) is 5.06. The Morgan fingerprint density at radius 3 is 2.29 bits per heavy atom. The Hall–Kier alpha value is -2.23. The van der Waals surface area contributed by atoms with Gasteiger partial charge in [0.1, 0.15) is 11.5 Å². The van der Waals surface area contributed by atoms with E-state index >= 15 is 0 Å². The molecule has 0 aliphatic carbocycles. The van der Waals surface area contributed by atoms with Gasteiger partial charge in [0.2, 0.25) is 0 Å². The molecule has 0 aliphatic heterocycles. The molecule has 4 heteroatoms. The summed E-state index contributed by atoms with van der Waals surface area (Å²) in [5.74, 6) is 0.871. The summed E-state index contributed by atoms with van der Waals surface area (Å²) >= 11 is 0. The normalized spacial score (nSPS) is 10.0. The molecule has 0 unspecified atom stereocenters. The number of anilines is 1. The number of nitrogen functional groups attached to an aromatic ring is 1. The fourth-order valence-electron chi connectivity index (χ4n) is 1.38. The molecular formula is C13H12FNO2. The van der Waals surface area contributed by atoms with E-state index in [-0.39, 0.29) is 5.75 Å². The molecule has 0 saturated heterocycles. The Bertz CT molecular complexity index is 511. The number of benzene rings is 2. The molecule has 17 heavy (non-hydrogen) atoms. The number of halogens is 1. The summed E-state index contributed by atoms with van der Waals surface area (Å²) in [6.07, 6.45) is 0. The third kappa shape index (κ3) is 2.66. The molecule has 0 saturated carbocycles. The van der Waals surface area contributed by atoms with Crippen LogP contribution in [0.1, 0.15) is 0 Å². The van der Waals surface area contributed by atoms with Crippen molar-refractivity contribution in [3.05, 3.63) is 48.3 Å². The van der Waals surface area contributed by atoms with Crippen LogP contribution in [0.5, 0.6) is 17.2 Å². The number of rotatable bonds is 3. The van der Waals surface area contributed by atoms with Crippen LogP contribution in [0.3, 0.4) is 0 Å². The molecule has 0 aliphatic rings. The van der Waals surface area contributed by atoms with E-state index < -0.39 is 5.82 Å². The van der Waals surface area contributed by atoms with Gasteiger partial charge in [-0.05, 0) is 36.4 Å². The number of ether oxygens (including phenoxy) is 2. The predicted molar refractivity (Wildman–Crippen MR) is 63.9 cm³/mol. The quantitative estimate of drug-likeness (QED) is 0.828. The second-order valence-electron chi connectivity index (χ2n) is 3.47. The van der Waals surface area contributed by atoms with Crippen molar-refractivity contribution >= 4 is 5.69 Å². The summed E-state index contributed by atoms with van der Waals surface area (Å²) in [7, 11) is 1.41. The average Bonchev–Trinajstić information content (AvgIpc) is 2.34. The SMILES string of the molecule is COc1cc(Oc2ccc(N)cc2)ccc1F. The van der Waals surface area contributed by atoms with Gasteiger partial charge >= 0.3 is 0 Å². The van der Waals surface area contributed by atoms with Crippen LogP contribution in [0.15, 0.2) is 42.5 Å². The molecule has 2 N–H and O–H groups in total. The van der Waals surface area contributed by atoms with Gasteiger partial charge in [-0.25, -0.2) is 4.39 Å². The van der Waals surface area contributed by atoms with E-state index in [0.29, 0.717) is 17.2 Å². The van der Waals surface area contributed by atoms with Crippen LogP contribution in [0, 0.1) is 5.82 Å². The Kier molecular flexibility index (Phi) is 3.14. The Morgan fingerprint density at radius 1 is 1.00 bits per heavy atom. The summed E-state index contributed by atoms with van der Waals surface area (Å²) in [5, 5.41) is 0. The molecule has 0 fully saturated rings. The molecule has 0 heterocycles. The Morgan fingerprint density at radius 2 is 1.65 bits per heavy atom. The fourth-order valence-corrected chi connectivity index (χ4v) is 1.38. The summed E-state index contributed by atoms with van der Waals surface area (Å²) in [6, 6.07) is 11.3. The van der Waals surface area contributed by atoms with Crippen LogP contribution < -0.4 is 15.2 Å². The van der Waals surface area contributed by atoms with E-state index in [0.717, 1.165) is 0 Å². The van der Waals surface area contributed by atoms with Gasteiger partial charge in [0.05, 0.1) is 7.11 Å². The maximum atomic E-state index is 13.2. The first kappa shape index (κ1) is 11.3. The first-order chi connectivity index (χ1) is 8.19. The highest BCUT2D eigenvalue weighted by molar-refractivity contribution is 5.44. The van der Waals surface area contributed by atoms with Gasteiger partial charge in [-0.15, -0.1) is 0 Å². The summed E-state index contributed by atoms with van der Waals surface area (Å²) in [6.45, 7) is 0. The second kappa shape index (κ2) is 4.74. The van der Waals surface area contributed by atoms with Gasteiger partial charge in [0, 0.05) is 11.8 Å². The number of nitrogens with two attached hydrogens (primary N) is 1. The van der Waals surface area contributed by atoms with E-state index in [1.807, 2.05) is 0 Å². The minimum absolute atomic E-state index is 0.151. The smallest absolute Gasteiger partial charge is 0.165 e. The van der Waals surface area contributed by atoms with Crippen LogP contribution in [0.2, 0.25) is 0 Å². The number of hydrogen-bond donors (Lipinski definition) is 1. The molecule has 2 aromatic carbocycles. The highest BCUT2D eigenvalue weighted by Crippen LogP contribution is 2.27. The van der Waals surface area contributed by atoms with Crippen molar-refractivity contribution in [3.63, 3.8) is 0 Å². The highest BCUT2D eigenvalue weighted by atomic mass is 19.1. The zero-order valence-electron chi connectivity index (χ0n) is 9.31. The van der Waals surface area contributed by atoms with Gasteiger partial charge in [0.15, 0.2) is 11.6 Å². The van der Waals surface area contributed by atoms with E-state index in [9.17, 15) is 4.39 Å². The summed E-state index contributed by atoms with van der Waals surface area (Å²) < 4.78 is 23.6. The standard InChI is InChI=1S/C13H12FNO2/c1-16-13-8-11(6-7-12(13)14)17-10-4-2-9(15)3-5-10/h2-8H,15H2,1H3. The lowest BCUT2D eigenvalue weighted by Crippen LogP contribution is -1.90. The highest BCUT2D eigenvalue weighted by Gasteiger charge is 2.04. The lowest BCUT2D eigenvalue weighted by Gasteiger charge is -2.08. The van der Waals surface area contributed by atoms with E-state index in [2.05, 4.69) is 0 Å². The minimum Gasteiger partial charge on any atom is -0.494 e. The number of hydrogen-bond acceptors (Lipinski definition) is 3. The van der Waals surface area contributed by atoms with Crippen molar-refractivity contribution in [2.24, 2.45) is 0 Å². The maximum Gasteiger partial charge on any atom is 0.165 e. The Balaban J connectivity index is 2.21. The van der Waals surface area contributed by atoms with E-state index in [4.69, 9.17) is 15.2 Å². The monoisotopic (exact) mass is 233 g/mol. The van der Waals surface area contributed by atoms with Crippen LogP contribution >= 0.6 is 0 Å². The van der Waals surface area contributed by atoms with Gasteiger partial charge in [-0.3, -0.25) is 0 Å². The molecule has 0 atom stereocenters. The molecule has 0 radical (unpaired) electrons. The van der Waals surface area contributed by atoms with Gasteiger partial charge in [-0.2, -0.15) is 0 Å². The van der Waals surface area contributed by atoms with Crippen molar-refractivity contribution in [2.75, 3.05) is 12.8 Å². The molecule has 88 valence electrons. The molecular weight excluding hydrogens is 221 g/mol. The average molecular weight is 233 g/mol. The lowest BCUT2D eigenvalue weighted by molar-refractivity contribution is 0.381. The zero-order chi connectivity index (χ0) is 12.3. The number of methoxy groups -OCH3 is 1. The van der Waals surface area contributed by atoms with E-state index in [1.54, 1.807) is 24.3 Å². The van der Waals surface area contributed by atoms with E-state index in [1.165, 1.54) is 25.3 Å². The summed E-state index contributed by atoms with van der Waals surface area (Å²) in [5.41, 5.74) is 6.22. The Labute approximate surface area is 98.6 Å². The van der Waals surface area contributed by atoms with Gasteiger partial charge in [-0.1, -0.05) is 0 Å². The van der Waals surface area contributed by atoms with Crippen molar-refractivity contribution < 1.29 is 13.9 Å². The second-order valence-corrected chi connectivity index (χ2v) is 3.47. The third-order valence-corrected chi connectivity index (χ3v) is 2.24. The predicted octanol–water partition coefficient (Wildman–Crippen LogP) is 3.21. The van der Waals surface area contributed by atoms with Crippen molar-refractivity contribution in [1.29, 1.82) is 0 Å². The zero-order valence-corrected chi connectivity index (χ0v) is 9.31. The molecule has 2 aromatic rings. The minimum atomic E-state index is -0.419. The topological polar surface area (TPSA) is 44.5 Å². The first-order valence-corrected chi connectivity index (χ1v) is 5.06. The fraction of sp³-hybridized carbons (Fsp3) is 0.0769. The van der Waals surface area contributed by atoms with Crippen LogP contribution in [0.25, 0.3) is 0 Å².